The third-order valence-electron chi connectivity index (χ3n) is 1.23. The molecule has 1 aliphatic carbocycles. The van der Waals surface area contributed by atoms with Gasteiger partial charge in [0.25, 0.3) is 0 Å². The lowest BCUT2D eigenvalue weighted by atomic mass is 10.2. The Morgan fingerprint density at radius 2 is 1.90 bits per heavy atom. The van der Waals surface area contributed by atoms with Gasteiger partial charge in [-0.1, -0.05) is 18.2 Å². The van der Waals surface area contributed by atoms with Gasteiger partial charge in [0, 0.05) is 12.6 Å². The predicted molar refractivity (Wildman–Crippen MR) is 51.6 cm³/mol. The minimum atomic E-state index is -2.03. The summed E-state index contributed by atoms with van der Waals surface area (Å²) < 4.78 is 0. The molecule has 0 amide bonds. The maximum Gasteiger partial charge on any atom is 0.0267 e. The van der Waals surface area contributed by atoms with E-state index in [9.17, 15) is 0 Å². The molecule has 0 atom stereocenters. The van der Waals surface area contributed by atoms with Gasteiger partial charge in [0.05, 0.1) is 0 Å². The Hall–Kier alpha value is 0.700. The van der Waals surface area contributed by atoms with Crippen LogP contribution in [-0.2, 0) is 0 Å². The van der Waals surface area contributed by atoms with Crippen LogP contribution < -0.4 is 0 Å². The first-order valence-electron chi connectivity index (χ1n) is 2.89. The van der Waals surface area contributed by atoms with E-state index in [1.165, 1.54) is 0 Å². The molecule has 0 aromatic carbocycles. The first-order chi connectivity index (χ1) is 4.61. The molecule has 0 saturated heterocycles. The van der Waals surface area contributed by atoms with Gasteiger partial charge in [-0.2, -0.15) is 0 Å². The first-order valence-corrected chi connectivity index (χ1v) is 7.01. The summed E-state index contributed by atoms with van der Waals surface area (Å²) >= 11 is 0. The van der Waals surface area contributed by atoms with Crippen LogP contribution in [0.2, 0.25) is 0 Å². The Morgan fingerprint density at radius 1 is 1.20 bits per heavy atom. The Morgan fingerprint density at radius 3 is 2.20 bits per heavy atom. The van der Waals surface area contributed by atoms with Gasteiger partial charge >= 0.3 is 0 Å². The van der Waals surface area contributed by atoms with E-state index in [4.69, 9.17) is 32.0 Å². The van der Waals surface area contributed by atoms with Crippen LogP contribution in [0.5, 0.6) is 0 Å². The van der Waals surface area contributed by atoms with Crippen molar-refractivity contribution in [2.24, 2.45) is 0 Å². The first kappa shape index (κ1) is 8.79. The monoisotopic (exact) mass is 216 g/mol. The summed E-state index contributed by atoms with van der Waals surface area (Å²) in [4.78, 5) is 0.865. The zero-order valence-corrected chi connectivity index (χ0v) is 8.27. The number of hydrogen-bond acceptors (Lipinski definition) is 0. The van der Waals surface area contributed by atoms with Crippen molar-refractivity contribution in [1.82, 2.24) is 0 Å². The molecule has 0 spiro atoms. The summed E-state index contributed by atoms with van der Waals surface area (Å²) in [6.07, 6.45) is 7.97. The molecule has 1 aliphatic rings. The topological polar surface area (TPSA) is 0 Å². The Balaban J connectivity index is 2.73. The van der Waals surface area contributed by atoms with Crippen molar-refractivity contribution in [2.45, 2.75) is 12.8 Å². The summed E-state index contributed by atoms with van der Waals surface area (Å²) in [5.74, 6) is 0. The Bertz CT molecular complexity index is 178. The van der Waals surface area contributed by atoms with Gasteiger partial charge in [-0.15, -0.1) is 0 Å². The fraction of sp³-hybridized carbons (Fsp3) is 0.333. The van der Waals surface area contributed by atoms with Crippen molar-refractivity contribution in [1.29, 1.82) is 0 Å². The largest absolute Gasteiger partial charge is 0.0831 e. The van der Waals surface area contributed by atoms with Crippen molar-refractivity contribution < 1.29 is 0 Å². The SMILES string of the molecule is ClS(Cl)(Cl)C1=CCCC=C1. The second kappa shape index (κ2) is 3.40. The van der Waals surface area contributed by atoms with Crippen LogP contribution in [0.3, 0.4) is 0 Å². The minimum Gasteiger partial charge on any atom is -0.0831 e. The van der Waals surface area contributed by atoms with E-state index in [0.717, 1.165) is 17.7 Å². The number of halogens is 3. The molecule has 0 N–H and O–H groups in total. The van der Waals surface area contributed by atoms with Crippen molar-refractivity contribution in [3.8, 4) is 0 Å². The van der Waals surface area contributed by atoms with Crippen LogP contribution in [0.15, 0.2) is 23.1 Å². The molecule has 0 fully saturated rings. The predicted octanol–water partition coefficient (Wildman–Crippen LogP) is 4.49. The van der Waals surface area contributed by atoms with Crippen molar-refractivity contribution >= 4 is 39.7 Å². The molecule has 10 heavy (non-hydrogen) atoms. The molecule has 1 rings (SSSR count). The van der Waals surface area contributed by atoms with Gasteiger partial charge in [-0.25, -0.2) is 0 Å². The molecular formula is C6H7Cl3S. The quantitative estimate of drug-likeness (QED) is 0.607. The van der Waals surface area contributed by atoms with Crippen LogP contribution >= 0.6 is 39.7 Å². The molecule has 0 unspecified atom stereocenters. The fourth-order valence-electron chi connectivity index (χ4n) is 0.761. The van der Waals surface area contributed by atoms with Gasteiger partial charge in [0.1, 0.15) is 0 Å². The highest BCUT2D eigenvalue weighted by Crippen LogP contribution is 2.69. The normalized spacial score (nSPS) is 20.5. The van der Waals surface area contributed by atoms with E-state index < -0.39 is 7.67 Å². The summed E-state index contributed by atoms with van der Waals surface area (Å²) in [6, 6.07) is 0. The second-order valence-electron chi connectivity index (χ2n) is 1.99. The zero-order chi connectivity index (χ0) is 7.61. The van der Waals surface area contributed by atoms with Gasteiger partial charge in [-0.3, -0.25) is 0 Å². The van der Waals surface area contributed by atoms with Gasteiger partial charge in [0.15, 0.2) is 0 Å². The lowest BCUT2D eigenvalue weighted by Gasteiger charge is -2.18. The smallest absolute Gasteiger partial charge is 0.0267 e. The summed E-state index contributed by atoms with van der Waals surface area (Å²) in [7, 11) is 15.1. The third-order valence-corrected chi connectivity index (χ3v) is 3.67. The lowest BCUT2D eigenvalue weighted by Crippen LogP contribution is -1.83. The fourth-order valence-corrected chi connectivity index (χ4v) is 2.35. The van der Waals surface area contributed by atoms with Crippen LogP contribution in [-0.4, -0.2) is 0 Å². The zero-order valence-electron chi connectivity index (χ0n) is 5.19. The molecule has 0 aromatic rings. The number of hydrogen-bond donors (Lipinski definition) is 0. The van der Waals surface area contributed by atoms with Crippen LogP contribution in [0, 0.1) is 0 Å². The molecule has 0 nitrogen and oxygen atoms in total. The third kappa shape index (κ3) is 2.39. The summed E-state index contributed by atoms with van der Waals surface area (Å²) in [6.45, 7) is 0. The molecular weight excluding hydrogens is 210 g/mol. The maximum absolute atomic E-state index is 5.71. The number of rotatable bonds is 1. The van der Waals surface area contributed by atoms with E-state index in [1.54, 1.807) is 0 Å². The molecule has 0 heterocycles. The second-order valence-corrected chi connectivity index (χ2v) is 8.86. The highest BCUT2D eigenvalue weighted by Gasteiger charge is 2.18. The van der Waals surface area contributed by atoms with Gasteiger partial charge < -0.3 is 0 Å². The molecule has 0 radical (unpaired) electrons. The average molecular weight is 218 g/mol. The van der Waals surface area contributed by atoms with Crippen LogP contribution in [0.25, 0.3) is 0 Å². The lowest BCUT2D eigenvalue weighted by molar-refractivity contribution is 1.03. The Labute approximate surface area is 75.7 Å². The standard InChI is InChI=1S/C6H7Cl3S/c7-10(8,9)6-4-2-1-3-5-6/h2,4-5H,1,3H2. The van der Waals surface area contributed by atoms with Crippen molar-refractivity contribution in [3.05, 3.63) is 23.1 Å². The molecule has 0 aromatic heterocycles. The van der Waals surface area contributed by atoms with E-state index in [1.807, 2.05) is 18.2 Å². The highest BCUT2D eigenvalue weighted by molar-refractivity contribution is 8.81. The van der Waals surface area contributed by atoms with E-state index >= 15 is 0 Å². The van der Waals surface area contributed by atoms with Gasteiger partial charge in [0.2, 0.25) is 0 Å². The molecule has 58 valence electrons. The highest BCUT2D eigenvalue weighted by atomic mass is 36.2. The number of allylic oxidation sites excluding steroid dienone is 3. The molecule has 0 saturated carbocycles. The van der Waals surface area contributed by atoms with E-state index in [-0.39, 0.29) is 0 Å². The molecule has 4 heteroatoms. The van der Waals surface area contributed by atoms with Crippen molar-refractivity contribution in [2.75, 3.05) is 0 Å². The molecule has 0 bridgehead atoms. The minimum absolute atomic E-state index is 0.865. The van der Waals surface area contributed by atoms with Crippen LogP contribution in [0.4, 0.5) is 0 Å². The Kier molecular flexibility index (Phi) is 2.99. The van der Waals surface area contributed by atoms with E-state index in [0.29, 0.717) is 0 Å². The molecule has 0 aliphatic heterocycles. The maximum atomic E-state index is 5.71. The van der Waals surface area contributed by atoms with Crippen molar-refractivity contribution in [3.63, 3.8) is 0 Å². The van der Waals surface area contributed by atoms with Gasteiger partial charge in [-0.05, 0) is 44.9 Å². The average Bonchev–Trinajstić information content (AvgIpc) is 1.88. The van der Waals surface area contributed by atoms with E-state index in [2.05, 4.69) is 0 Å². The van der Waals surface area contributed by atoms with Crippen LogP contribution in [0.1, 0.15) is 12.8 Å². The summed E-state index contributed by atoms with van der Waals surface area (Å²) in [5, 5.41) is 0. The summed E-state index contributed by atoms with van der Waals surface area (Å²) in [5.41, 5.74) is 0.